The Balaban J connectivity index is 1.47. The van der Waals surface area contributed by atoms with Gasteiger partial charge in [-0.05, 0) is 56.2 Å². The van der Waals surface area contributed by atoms with Crippen LogP contribution in [0.5, 0.6) is 5.75 Å². The van der Waals surface area contributed by atoms with Crippen LogP contribution in [-0.2, 0) is 14.8 Å². The molecule has 2 fully saturated rings. The summed E-state index contributed by atoms with van der Waals surface area (Å²) in [5.74, 6) is 0.261. The lowest BCUT2D eigenvalue weighted by Crippen LogP contribution is -2.40. The number of sulfonamides is 1. The zero-order chi connectivity index (χ0) is 24.4. The van der Waals surface area contributed by atoms with E-state index in [9.17, 15) is 13.2 Å². The summed E-state index contributed by atoms with van der Waals surface area (Å²) in [5.41, 5.74) is 2.43. The highest BCUT2D eigenvalue weighted by Crippen LogP contribution is 2.40. The van der Waals surface area contributed by atoms with Crippen molar-refractivity contribution < 1.29 is 22.7 Å². The lowest BCUT2D eigenvalue weighted by atomic mass is 10.2. The Hall–Kier alpha value is -3.21. The largest absolute Gasteiger partial charge is 0.492 e. The van der Waals surface area contributed by atoms with Gasteiger partial charge in [0.2, 0.25) is 10.0 Å². The number of hydrogen-bond acceptors (Lipinski definition) is 6. The monoisotopic (exact) mass is 496 g/mol. The Morgan fingerprint density at radius 2 is 1.86 bits per heavy atom. The highest BCUT2D eigenvalue weighted by atomic mass is 32.2. The number of para-hydroxylation sites is 1. The first kappa shape index (κ1) is 23.5. The van der Waals surface area contributed by atoms with E-state index in [0.717, 1.165) is 24.2 Å². The van der Waals surface area contributed by atoms with Crippen molar-refractivity contribution in [3.05, 3.63) is 66.0 Å². The zero-order valence-electron chi connectivity index (χ0n) is 19.5. The number of hydrogen-bond donors (Lipinski definition) is 1. The third-order valence-electron chi connectivity index (χ3n) is 6.05. The molecule has 9 nitrogen and oxygen atoms in total. The predicted octanol–water partition coefficient (Wildman–Crippen LogP) is 3.42. The molecule has 1 saturated heterocycles. The number of ether oxygens (including phenoxy) is 2. The van der Waals surface area contributed by atoms with Crippen LogP contribution in [0.2, 0.25) is 0 Å². The lowest BCUT2D eigenvalue weighted by molar-refractivity contribution is 0.0729. The molecule has 1 aromatic heterocycles. The molecule has 2 aromatic carbocycles. The van der Waals surface area contributed by atoms with Crippen LogP contribution >= 0.6 is 0 Å². The minimum atomic E-state index is -3.83. The van der Waals surface area contributed by atoms with Gasteiger partial charge in [-0.1, -0.05) is 18.2 Å². The summed E-state index contributed by atoms with van der Waals surface area (Å²) in [6.45, 7) is 3.33. The summed E-state index contributed by atoms with van der Waals surface area (Å²) in [6.07, 6.45) is 2.13. The molecule has 184 valence electrons. The molecule has 3 aromatic rings. The molecule has 0 radical (unpaired) electrons. The van der Waals surface area contributed by atoms with Crippen LogP contribution in [-0.4, -0.2) is 61.3 Å². The SMILES string of the molecule is CCOc1ccc(NC(=O)c2cc(C3CC3)nn2-c2ccccc2)cc1S(=O)(=O)N1CCOCC1. The standard InChI is InChI=1S/C25H28N4O5S/c1-2-34-23-11-10-19(16-24(23)35(31,32)28-12-14-33-15-13-28)26-25(30)22-17-21(18-8-9-18)27-29(22)20-6-4-3-5-7-20/h3-7,10-11,16-18H,2,8-9,12-15H2,1H3,(H,26,30). The number of carbonyl (C=O) groups is 1. The minimum absolute atomic E-state index is 0.0225. The Morgan fingerprint density at radius 1 is 1.11 bits per heavy atom. The number of nitrogens with one attached hydrogen (secondary N) is 1. The summed E-state index contributed by atoms with van der Waals surface area (Å²) in [6, 6.07) is 16.0. The van der Waals surface area contributed by atoms with Crippen LogP contribution in [0.1, 0.15) is 41.9 Å². The van der Waals surface area contributed by atoms with Gasteiger partial charge in [-0.3, -0.25) is 4.79 Å². The van der Waals surface area contributed by atoms with Crippen molar-refractivity contribution >= 4 is 21.6 Å². The van der Waals surface area contributed by atoms with E-state index >= 15 is 0 Å². The molecule has 5 rings (SSSR count). The molecule has 0 unspecified atom stereocenters. The molecule has 1 N–H and O–H groups in total. The number of nitrogens with zero attached hydrogens (tertiary/aromatic N) is 3. The molecule has 0 bridgehead atoms. The number of carbonyl (C=O) groups excluding carboxylic acids is 1. The van der Waals surface area contributed by atoms with Gasteiger partial charge in [0.1, 0.15) is 16.3 Å². The molecule has 2 aliphatic rings. The molecule has 0 atom stereocenters. The normalized spacial score (nSPS) is 16.7. The van der Waals surface area contributed by atoms with Crippen molar-refractivity contribution in [1.29, 1.82) is 0 Å². The minimum Gasteiger partial charge on any atom is -0.492 e. The average Bonchev–Trinajstić information content (AvgIpc) is 3.64. The fraction of sp³-hybridized carbons (Fsp3) is 0.360. The van der Waals surface area contributed by atoms with Gasteiger partial charge in [0.25, 0.3) is 5.91 Å². The lowest BCUT2D eigenvalue weighted by Gasteiger charge is -2.27. The van der Waals surface area contributed by atoms with E-state index in [1.165, 1.54) is 10.4 Å². The van der Waals surface area contributed by atoms with Crippen LogP contribution in [0.25, 0.3) is 5.69 Å². The maximum Gasteiger partial charge on any atom is 0.274 e. The third kappa shape index (κ3) is 4.95. The molecule has 35 heavy (non-hydrogen) atoms. The molecule has 2 heterocycles. The van der Waals surface area contributed by atoms with Crippen molar-refractivity contribution in [1.82, 2.24) is 14.1 Å². The number of amides is 1. The topological polar surface area (TPSA) is 103 Å². The first-order valence-corrected chi connectivity index (χ1v) is 13.2. The quantitative estimate of drug-likeness (QED) is 0.513. The molecule has 1 aliphatic heterocycles. The van der Waals surface area contributed by atoms with Gasteiger partial charge < -0.3 is 14.8 Å². The first-order valence-electron chi connectivity index (χ1n) is 11.8. The summed E-state index contributed by atoms with van der Waals surface area (Å²) in [5, 5.41) is 7.55. The Kier molecular flexibility index (Phi) is 6.59. The van der Waals surface area contributed by atoms with Crippen molar-refractivity contribution in [2.24, 2.45) is 0 Å². The number of aromatic nitrogens is 2. The molecular formula is C25H28N4O5S. The van der Waals surface area contributed by atoms with Gasteiger partial charge in [0.05, 0.1) is 31.2 Å². The van der Waals surface area contributed by atoms with E-state index < -0.39 is 10.0 Å². The average molecular weight is 497 g/mol. The van der Waals surface area contributed by atoms with E-state index in [0.29, 0.717) is 37.1 Å². The summed E-state index contributed by atoms with van der Waals surface area (Å²) >= 11 is 0. The Labute approximate surface area is 204 Å². The van der Waals surface area contributed by atoms with E-state index in [2.05, 4.69) is 10.4 Å². The van der Waals surface area contributed by atoms with Gasteiger partial charge in [0, 0.05) is 24.7 Å². The fourth-order valence-corrected chi connectivity index (χ4v) is 5.65. The molecular weight excluding hydrogens is 468 g/mol. The summed E-state index contributed by atoms with van der Waals surface area (Å²) in [7, 11) is -3.83. The summed E-state index contributed by atoms with van der Waals surface area (Å²) in [4.78, 5) is 13.4. The molecule has 1 amide bonds. The number of morpholine rings is 1. The van der Waals surface area contributed by atoms with Crippen LogP contribution in [0, 0.1) is 0 Å². The molecule has 0 spiro atoms. The highest BCUT2D eigenvalue weighted by Gasteiger charge is 2.31. The number of rotatable bonds is 8. The van der Waals surface area contributed by atoms with Crippen molar-refractivity contribution in [2.45, 2.75) is 30.6 Å². The second-order valence-corrected chi connectivity index (χ2v) is 10.4. The van der Waals surface area contributed by atoms with E-state index in [-0.39, 0.29) is 29.6 Å². The van der Waals surface area contributed by atoms with E-state index in [4.69, 9.17) is 9.47 Å². The van der Waals surface area contributed by atoms with Crippen LogP contribution < -0.4 is 10.1 Å². The molecule has 10 heteroatoms. The maximum absolute atomic E-state index is 13.4. The van der Waals surface area contributed by atoms with Crippen LogP contribution in [0.4, 0.5) is 5.69 Å². The Morgan fingerprint density at radius 3 is 2.54 bits per heavy atom. The third-order valence-corrected chi connectivity index (χ3v) is 7.97. The smallest absolute Gasteiger partial charge is 0.274 e. The van der Waals surface area contributed by atoms with Crippen molar-refractivity contribution in [3.63, 3.8) is 0 Å². The fourth-order valence-electron chi connectivity index (χ4n) is 4.09. The van der Waals surface area contributed by atoms with Gasteiger partial charge in [-0.15, -0.1) is 0 Å². The number of benzene rings is 2. The number of anilines is 1. The van der Waals surface area contributed by atoms with Crippen LogP contribution in [0.3, 0.4) is 0 Å². The van der Waals surface area contributed by atoms with Crippen molar-refractivity contribution in [3.8, 4) is 11.4 Å². The van der Waals surface area contributed by atoms with E-state index in [1.807, 2.05) is 36.4 Å². The Bertz CT molecular complexity index is 1310. The zero-order valence-corrected chi connectivity index (χ0v) is 20.3. The summed E-state index contributed by atoms with van der Waals surface area (Å²) < 4.78 is 40.7. The van der Waals surface area contributed by atoms with Gasteiger partial charge >= 0.3 is 0 Å². The highest BCUT2D eigenvalue weighted by molar-refractivity contribution is 7.89. The van der Waals surface area contributed by atoms with Gasteiger partial charge in [-0.2, -0.15) is 9.40 Å². The molecule has 1 aliphatic carbocycles. The first-order chi connectivity index (χ1) is 17.0. The van der Waals surface area contributed by atoms with E-state index in [1.54, 1.807) is 23.7 Å². The van der Waals surface area contributed by atoms with Gasteiger partial charge in [0.15, 0.2) is 0 Å². The predicted molar refractivity (Wildman–Crippen MR) is 131 cm³/mol. The second-order valence-electron chi connectivity index (χ2n) is 8.54. The van der Waals surface area contributed by atoms with Gasteiger partial charge in [-0.25, -0.2) is 13.1 Å². The second kappa shape index (κ2) is 9.80. The van der Waals surface area contributed by atoms with Crippen molar-refractivity contribution in [2.75, 3.05) is 38.2 Å². The maximum atomic E-state index is 13.4. The molecule has 1 saturated carbocycles. The van der Waals surface area contributed by atoms with Crippen LogP contribution in [0.15, 0.2) is 59.5 Å².